The Morgan fingerprint density at radius 1 is 1.26 bits per heavy atom. The van der Waals surface area contributed by atoms with Crippen LogP contribution < -0.4 is 5.32 Å². The van der Waals surface area contributed by atoms with Gasteiger partial charge >= 0.3 is 6.18 Å². The fourth-order valence-electron chi connectivity index (χ4n) is 1.44. The van der Waals surface area contributed by atoms with E-state index in [1.807, 2.05) is 6.92 Å². The summed E-state index contributed by atoms with van der Waals surface area (Å²) in [5.41, 5.74) is 1.15. The first-order valence-corrected chi connectivity index (χ1v) is 5.98. The van der Waals surface area contributed by atoms with Crippen LogP contribution in [0.3, 0.4) is 0 Å². The van der Waals surface area contributed by atoms with Crippen LogP contribution in [-0.2, 0) is 17.5 Å². The van der Waals surface area contributed by atoms with Crippen LogP contribution in [0, 0.1) is 0 Å². The Morgan fingerprint density at radius 2 is 1.89 bits per heavy atom. The summed E-state index contributed by atoms with van der Waals surface area (Å²) in [4.78, 5) is 0. The zero-order valence-electron chi connectivity index (χ0n) is 10.9. The maximum absolute atomic E-state index is 12.3. The van der Waals surface area contributed by atoms with Crippen LogP contribution in [0.15, 0.2) is 36.4 Å². The molecule has 106 valence electrons. The number of rotatable bonds is 7. The first-order chi connectivity index (χ1) is 8.89. The van der Waals surface area contributed by atoms with Crippen molar-refractivity contribution in [1.82, 2.24) is 5.32 Å². The van der Waals surface area contributed by atoms with Gasteiger partial charge in [-0.15, -0.1) is 0 Å². The summed E-state index contributed by atoms with van der Waals surface area (Å²) in [5, 5.41) is 3.10. The molecule has 19 heavy (non-hydrogen) atoms. The smallest absolute Gasteiger partial charge is 0.376 e. The predicted molar refractivity (Wildman–Crippen MR) is 68.8 cm³/mol. The molecule has 0 aliphatic heterocycles. The van der Waals surface area contributed by atoms with Gasteiger partial charge in [-0.25, -0.2) is 0 Å². The molecule has 2 nitrogen and oxygen atoms in total. The molecule has 0 aliphatic carbocycles. The van der Waals surface area contributed by atoms with E-state index < -0.39 is 11.7 Å². The van der Waals surface area contributed by atoms with Gasteiger partial charge in [0.25, 0.3) is 0 Å². The molecule has 0 aromatic heterocycles. The van der Waals surface area contributed by atoms with Crippen LogP contribution in [0.25, 0.3) is 0 Å². The van der Waals surface area contributed by atoms with E-state index in [1.165, 1.54) is 12.1 Å². The first-order valence-electron chi connectivity index (χ1n) is 5.98. The molecular formula is C14H18F3NO. The van der Waals surface area contributed by atoms with Crippen molar-refractivity contribution in [2.75, 3.05) is 19.8 Å². The zero-order chi connectivity index (χ0) is 14.3. The summed E-state index contributed by atoms with van der Waals surface area (Å²) in [6.45, 7) is 7.84. The minimum absolute atomic E-state index is 0.522. The fraction of sp³-hybridized carbons (Fsp3) is 0.429. The zero-order valence-corrected chi connectivity index (χ0v) is 10.9. The Hall–Kier alpha value is -1.33. The Morgan fingerprint density at radius 3 is 2.42 bits per heavy atom. The summed E-state index contributed by atoms with van der Waals surface area (Å²) in [6, 6.07) is 5.14. The Bertz CT molecular complexity index is 398. The van der Waals surface area contributed by atoms with Crippen LogP contribution in [0.1, 0.15) is 18.1 Å². The fourth-order valence-corrected chi connectivity index (χ4v) is 1.44. The molecule has 0 radical (unpaired) electrons. The minimum atomic E-state index is -4.28. The second kappa shape index (κ2) is 7.31. The topological polar surface area (TPSA) is 21.3 Å². The highest BCUT2D eigenvalue weighted by atomic mass is 19.4. The van der Waals surface area contributed by atoms with E-state index in [9.17, 15) is 13.2 Å². The lowest BCUT2D eigenvalue weighted by Crippen LogP contribution is -2.19. The van der Waals surface area contributed by atoms with Crippen molar-refractivity contribution in [3.05, 3.63) is 47.5 Å². The van der Waals surface area contributed by atoms with Crippen molar-refractivity contribution in [3.8, 4) is 0 Å². The molecule has 1 rings (SSSR count). The molecule has 0 spiro atoms. The summed E-state index contributed by atoms with van der Waals surface area (Å²) in [6.07, 6.45) is -4.28. The summed E-state index contributed by atoms with van der Waals surface area (Å²) in [7, 11) is 0. The van der Waals surface area contributed by atoms with Crippen molar-refractivity contribution in [3.63, 3.8) is 0 Å². The number of hydrogen-bond donors (Lipinski definition) is 1. The number of alkyl halides is 3. The van der Waals surface area contributed by atoms with E-state index in [0.717, 1.165) is 23.3 Å². The van der Waals surface area contributed by atoms with Crippen molar-refractivity contribution in [1.29, 1.82) is 0 Å². The van der Waals surface area contributed by atoms with Crippen LogP contribution in [0.5, 0.6) is 0 Å². The van der Waals surface area contributed by atoms with Crippen LogP contribution in [0.2, 0.25) is 0 Å². The van der Waals surface area contributed by atoms with E-state index in [2.05, 4.69) is 11.9 Å². The normalized spacial score (nSPS) is 11.6. The van der Waals surface area contributed by atoms with Crippen LogP contribution in [-0.4, -0.2) is 19.8 Å². The van der Waals surface area contributed by atoms with E-state index in [-0.39, 0.29) is 0 Å². The number of hydrogen-bond acceptors (Lipinski definition) is 2. The SMILES string of the molecule is C=C(C)COCCNCc1ccc(C(F)(F)F)cc1. The van der Waals surface area contributed by atoms with Gasteiger partial charge in [0.2, 0.25) is 0 Å². The molecule has 0 bridgehead atoms. The Labute approximate surface area is 111 Å². The standard InChI is InChI=1S/C14H18F3NO/c1-11(2)10-19-8-7-18-9-12-3-5-13(6-4-12)14(15,16)17/h3-6,18H,1,7-10H2,2H3. The number of benzene rings is 1. The average molecular weight is 273 g/mol. The number of ether oxygens (including phenoxy) is 1. The molecule has 5 heteroatoms. The lowest BCUT2D eigenvalue weighted by molar-refractivity contribution is -0.137. The lowest BCUT2D eigenvalue weighted by Gasteiger charge is -2.09. The highest BCUT2D eigenvalue weighted by Gasteiger charge is 2.29. The van der Waals surface area contributed by atoms with Gasteiger partial charge in [0.15, 0.2) is 0 Å². The van der Waals surface area contributed by atoms with E-state index in [0.29, 0.717) is 26.3 Å². The molecule has 0 unspecified atom stereocenters. The summed E-state index contributed by atoms with van der Waals surface area (Å²) < 4.78 is 42.3. The third-order valence-electron chi connectivity index (χ3n) is 2.38. The van der Waals surface area contributed by atoms with Gasteiger partial charge < -0.3 is 10.1 Å². The second-order valence-electron chi connectivity index (χ2n) is 4.38. The highest BCUT2D eigenvalue weighted by molar-refractivity contribution is 5.24. The highest BCUT2D eigenvalue weighted by Crippen LogP contribution is 2.28. The maximum atomic E-state index is 12.3. The lowest BCUT2D eigenvalue weighted by atomic mass is 10.1. The Kier molecular flexibility index (Phi) is 6.05. The Balaban J connectivity index is 2.25. The van der Waals surface area contributed by atoms with E-state index in [1.54, 1.807) is 0 Å². The van der Waals surface area contributed by atoms with E-state index in [4.69, 9.17) is 4.74 Å². The van der Waals surface area contributed by atoms with Crippen molar-refractivity contribution < 1.29 is 17.9 Å². The third-order valence-corrected chi connectivity index (χ3v) is 2.38. The number of nitrogens with one attached hydrogen (secondary N) is 1. The average Bonchev–Trinajstić information content (AvgIpc) is 2.32. The summed E-state index contributed by atoms with van der Waals surface area (Å²) >= 11 is 0. The number of halogens is 3. The largest absolute Gasteiger partial charge is 0.416 e. The molecule has 0 saturated carbocycles. The van der Waals surface area contributed by atoms with Gasteiger partial charge in [0.05, 0.1) is 18.8 Å². The molecule has 0 aliphatic rings. The van der Waals surface area contributed by atoms with Gasteiger partial charge in [-0.1, -0.05) is 24.3 Å². The summed E-state index contributed by atoms with van der Waals surface area (Å²) in [5.74, 6) is 0. The molecule has 0 fully saturated rings. The van der Waals surface area contributed by atoms with Gasteiger partial charge in [0, 0.05) is 13.1 Å². The van der Waals surface area contributed by atoms with Gasteiger partial charge in [-0.05, 0) is 24.6 Å². The molecule has 0 amide bonds. The minimum Gasteiger partial charge on any atom is -0.376 e. The van der Waals surface area contributed by atoms with Crippen molar-refractivity contribution in [2.45, 2.75) is 19.6 Å². The van der Waals surface area contributed by atoms with Crippen molar-refractivity contribution in [2.24, 2.45) is 0 Å². The molecule has 0 heterocycles. The predicted octanol–water partition coefficient (Wildman–Crippen LogP) is 3.39. The quantitative estimate of drug-likeness (QED) is 0.607. The molecule has 1 aromatic carbocycles. The van der Waals surface area contributed by atoms with Gasteiger partial charge in [-0.2, -0.15) is 13.2 Å². The molecule has 0 saturated heterocycles. The van der Waals surface area contributed by atoms with Crippen LogP contribution in [0.4, 0.5) is 13.2 Å². The van der Waals surface area contributed by atoms with Crippen LogP contribution >= 0.6 is 0 Å². The maximum Gasteiger partial charge on any atom is 0.416 e. The molecule has 0 atom stereocenters. The molecule has 1 N–H and O–H groups in total. The monoisotopic (exact) mass is 273 g/mol. The second-order valence-corrected chi connectivity index (χ2v) is 4.38. The van der Waals surface area contributed by atoms with E-state index >= 15 is 0 Å². The molecule has 1 aromatic rings. The van der Waals surface area contributed by atoms with Gasteiger partial charge in [0.1, 0.15) is 0 Å². The first kappa shape index (κ1) is 15.7. The molecular weight excluding hydrogens is 255 g/mol. The van der Waals surface area contributed by atoms with Gasteiger partial charge in [-0.3, -0.25) is 0 Å². The third kappa shape index (κ3) is 6.40. The van der Waals surface area contributed by atoms with Crippen molar-refractivity contribution >= 4 is 0 Å².